The molecule has 178 valence electrons. The number of likely N-dealkylation sites (tertiary alicyclic amines) is 1. The van der Waals surface area contributed by atoms with Crippen molar-refractivity contribution < 1.29 is 27.1 Å². The van der Waals surface area contributed by atoms with E-state index in [0.29, 0.717) is 37.4 Å². The van der Waals surface area contributed by atoms with Crippen molar-refractivity contribution in [2.45, 2.75) is 36.6 Å². The summed E-state index contributed by atoms with van der Waals surface area (Å²) in [6, 6.07) is 10.3. The highest BCUT2D eigenvalue weighted by Crippen LogP contribution is 2.40. The molecule has 4 rings (SSSR count). The Bertz CT molecular complexity index is 1110. The Morgan fingerprint density at radius 1 is 1.00 bits per heavy atom. The Balaban J connectivity index is 1.53. The molecule has 2 saturated heterocycles. The number of hydrogen-bond donors (Lipinski definition) is 0. The predicted octanol–water partition coefficient (Wildman–Crippen LogP) is 3.61. The molecular weight excluding hydrogens is 447 g/mol. The van der Waals surface area contributed by atoms with Crippen LogP contribution >= 0.6 is 0 Å². The molecule has 0 spiro atoms. The van der Waals surface area contributed by atoms with E-state index in [9.17, 15) is 17.6 Å². The molecule has 0 aliphatic carbocycles. The largest absolute Gasteiger partial charge is 0.497 e. The second kappa shape index (κ2) is 9.69. The summed E-state index contributed by atoms with van der Waals surface area (Å²) < 4.78 is 51.6. The Morgan fingerprint density at radius 3 is 2.42 bits per heavy atom. The maximum absolute atomic E-state index is 13.5. The molecule has 0 unspecified atom stereocenters. The van der Waals surface area contributed by atoms with E-state index >= 15 is 0 Å². The summed E-state index contributed by atoms with van der Waals surface area (Å²) in [4.78, 5) is 15.5. The fourth-order valence-corrected chi connectivity index (χ4v) is 6.32. The molecule has 33 heavy (non-hydrogen) atoms. The van der Waals surface area contributed by atoms with Gasteiger partial charge in [-0.05, 0) is 62.1 Å². The van der Waals surface area contributed by atoms with Crippen molar-refractivity contribution in [3.8, 4) is 11.5 Å². The normalized spacial score (nSPS) is 21.7. The van der Waals surface area contributed by atoms with E-state index in [1.807, 2.05) is 23.1 Å². The number of sulfonamides is 1. The van der Waals surface area contributed by atoms with Gasteiger partial charge in [-0.2, -0.15) is 4.31 Å². The van der Waals surface area contributed by atoms with Crippen molar-refractivity contribution in [1.82, 2.24) is 9.21 Å². The summed E-state index contributed by atoms with van der Waals surface area (Å²) in [6.45, 7) is 1.10. The van der Waals surface area contributed by atoms with Crippen LogP contribution in [0.15, 0.2) is 47.4 Å². The summed E-state index contributed by atoms with van der Waals surface area (Å²) in [5, 5.41) is 0. The van der Waals surface area contributed by atoms with Gasteiger partial charge >= 0.3 is 0 Å². The van der Waals surface area contributed by atoms with Crippen LogP contribution in [0.2, 0.25) is 0 Å². The summed E-state index contributed by atoms with van der Waals surface area (Å²) >= 11 is 0. The molecule has 2 aromatic carbocycles. The number of carbonyl (C=O) groups is 1. The van der Waals surface area contributed by atoms with Crippen LogP contribution in [0.4, 0.5) is 4.39 Å². The Morgan fingerprint density at radius 2 is 1.73 bits per heavy atom. The van der Waals surface area contributed by atoms with Gasteiger partial charge in [0.2, 0.25) is 15.9 Å². The van der Waals surface area contributed by atoms with Crippen LogP contribution in [0.3, 0.4) is 0 Å². The average Bonchev–Trinajstić information content (AvgIpc) is 3.33. The van der Waals surface area contributed by atoms with E-state index in [1.54, 1.807) is 14.2 Å². The molecule has 2 fully saturated rings. The number of hydrogen-bond acceptors (Lipinski definition) is 5. The number of nitrogens with zero attached hydrogens (tertiary/aromatic N) is 2. The monoisotopic (exact) mass is 476 g/mol. The molecule has 1 amide bonds. The summed E-state index contributed by atoms with van der Waals surface area (Å²) in [7, 11) is -0.603. The number of piperidine rings is 1. The summed E-state index contributed by atoms with van der Waals surface area (Å²) in [5.41, 5.74) is 0.927. The second-order valence-electron chi connectivity index (χ2n) is 8.45. The molecule has 0 radical (unpaired) electrons. The molecule has 2 atom stereocenters. The zero-order valence-corrected chi connectivity index (χ0v) is 19.7. The third-order valence-corrected chi connectivity index (χ3v) is 8.40. The smallest absolute Gasteiger partial charge is 0.243 e. The lowest BCUT2D eigenvalue weighted by Gasteiger charge is -2.35. The van der Waals surface area contributed by atoms with Crippen LogP contribution in [0, 0.1) is 11.7 Å². The fourth-order valence-electron chi connectivity index (χ4n) is 4.80. The first kappa shape index (κ1) is 23.5. The van der Waals surface area contributed by atoms with E-state index in [4.69, 9.17) is 9.47 Å². The highest BCUT2D eigenvalue weighted by atomic mass is 32.2. The molecule has 7 nitrogen and oxygen atoms in total. The molecule has 2 aliphatic rings. The molecular formula is C24H29FN2O5S. The van der Waals surface area contributed by atoms with Gasteiger partial charge in [0.25, 0.3) is 0 Å². The number of halogens is 1. The van der Waals surface area contributed by atoms with Gasteiger partial charge in [-0.3, -0.25) is 4.79 Å². The lowest BCUT2D eigenvalue weighted by molar-refractivity contribution is -0.137. The van der Waals surface area contributed by atoms with Crippen LogP contribution in [-0.4, -0.2) is 57.4 Å². The number of carbonyl (C=O) groups excluding carboxylic acids is 1. The Kier molecular flexibility index (Phi) is 6.90. The van der Waals surface area contributed by atoms with Gasteiger partial charge < -0.3 is 14.4 Å². The quantitative estimate of drug-likeness (QED) is 0.637. The average molecular weight is 477 g/mol. The van der Waals surface area contributed by atoms with Gasteiger partial charge in [0.05, 0.1) is 31.1 Å². The molecule has 2 aromatic rings. The van der Waals surface area contributed by atoms with Gasteiger partial charge in [-0.1, -0.05) is 0 Å². The maximum Gasteiger partial charge on any atom is 0.243 e. The molecule has 0 bridgehead atoms. The zero-order valence-electron chi connectivity index (χ0n) is 18.9. The van der Waals surface area contributed by atoms with Crippen molar-refractivity contribution in [2.75, 3.05) is 33.9 Å². The molecule has 0 aromatic heterocycles. The van der Waals surface area contributed by atoms with E-state index in [2.05, 4.69) is 0 Å². The van der Waals surface area contributed by atoms with E-state index in [1.165, 1.54) is 16.4 Å². The van der Waals surface area contributed by atoms with Crippen molar-refractivity contribution in [3.05, 3.63) is 53.8 Å². The third-order valence-electron chi connectivity index (χ3n) is 6.52. The maximum atomic E-state index is 13.5. The first-order chi connectivity index (χ1) is 15.8. The third kappa shape index (κ3) is 4.70. The fraction of sp³-hybridized carbons (Fsp3) is 0.458. The van der Waals surface area contributed by atoms with Crippen LogP contribution in [0.5, 0.6) is 11.5 Å². The van der Waals surface area contributed by atoms with Gasteiger partial charge in [0, 0.05) is 31.3 Å². The van der Waals surface area contributed by atoms with Crippen molar-refractivity contribution in [3.63, 3.8) is 0 Å². The first-order valence-corrected chi connectivity index (χ1v) is 12.6. The molecule has 9 heteroatoms. The Labute approximate surface area is 194 Å². The molecule has 2 heterocycles. The lowest BCUT2D eigenvalue weighted by atomic mass is 9.96. The van der Waals surface area contributed by atoms with E-state index in [0.717, 1.165) is 30.5 Å². The lowest BCUT2D eigenvalue weighted by Crippen LogP contribution is -2.46. The SMILES string of the molecule is COc1ccc([C@H]2CCCN2C(=O)[C@H]2CCCN(S(=O)(=O)c3ccc(F)cc3)C2)c(OC)c1. The van der Waals surface area contributed by atoms with Crippen molar-refractivity contribution in [1.29, 1.82) is 0 Å². The number of rotatable bonds is 6. The molecule has 0 saturated carbocycles. The Hall–Kier alpha value is -2.65. The topological polar surface area (TPSA) is 76.2 Å². The minimum Gasteiger partial charge on any atom is -0.497 e. The second-order valence-corrected chi connectivity index (χ2v) is 10.4. The van der Waals surface area contributed by atoms with Crippen LogP contribution < -0.4 is 9.47 Å². The van der Waals surface area contributed by atoms with Gasteiger partial charge in [0.1, 0.15) is 17.3 Å². The number of benzene rings is 2. The number of ether oxygens (including phenoxy) is 2. The van der Waals surface area contributed by atoms with Crippen molar-refractivity contribution in [2.24, 2.45) is 5.92 Å². The van der Waals surface area contributed by atoms with Gasteiger partial charge in [0.15, 0.2) is 0 Å². The predicted molar refractivity (Wildman–Crippen MR) is 121 cm³/mol. The minimum absolute atomic E-state index is 0.0330. The van der Waals surface area contributed by atoms with Gasteiger partial charge in [-0.15, -0.1) is 0 Å². The van der Waals surface area contributed by atoms with E-state index in [-0.39, 0.29) is 23.4 Å². The van der Waals surface area contributed by atoms with E-state index < -0.39 is 21.8 Å². The summed E-state index contributed by atoms with van der Waals surface area (Å²) in [6.07, 6.45) is 2.92. The summed E-state index contributed by atoms with van der Waals surface area (Å²) in [5.74, 6) is 0.409. The van der Waals surface area contributed by atoms with Gasteiger partial charge in [-0.25, -0.2) is 12.8 Å². The van der Waals surface area contributed by atoms with Crippen LogP contribution in [0.1, 0.15) is 37.3 Å². The van der Waals surface area contributed by atoms with Crippen LogP contribution in [0.25, 0.3) is 0 Å². The minimum atomic E-state index is -3.79. The van der Waals surface area contributed by atoms with Crippen LogP contribution in [-0.2, 0) is 14.8 Å². The first-order valence-electron chi connectivity index (χ1n) is 11.1. The molecule has 0 N–H and O–H groups in total. The van der Waals surface area contributed by atoms with Crippen molar-refractivity contribution >= 4 is 15.9 Å². The number of methoxy groups -OCH3 is 2. The highest BCUT2D eigenvalue weighted by molar-refractivity contribution is 7.89. The standard InChI is InChI=1S/C24H29FN2O5S/c1-31-19-9-12-21(23(15-19)32-2)22-6-4-14-27(22)24(28)17-5-3-13-26(16-17)33(29,30)20-10-7-18(25)8-11-20/h7-12,15,17,22H,3-6,13-14,16H2,1-2H3/t17-,22+/m0/s1. The zero-order chi connectivity index (χ0) is 23.6. The number of amides is 1. The molecule has 2 aliphatic heterocycles. The highest BCUT2D eigenvalue weighted by Gasteiger charge is 2.39.